The Morgan fingerprint density at radius 2 is 1.68 bits per heavy atom. The molecule has 0 fully saturated rings. The Morgan fingerprint density at radius 1 is 0.968 bits per heavy atom. The maximum atomic E-state index is 13.5. The lowest BCUT2D eigenvalue weighted by atomic mass is 9.95. The molecule has 1 atom stereocenters. The molecule has 4 aromatic rings. The van der Waals surface area contributed by atoms with Crippen molar-refractivity contribution in [2.75, 3.05) is 0 Å². The number of aryl methyl sites for hydroxylation is 1. The van der Waals surface area contributed by atoms with Gasteiger partial charge in [0.2, 0.25) is 0 Å². The summed E-state index contributed by atoms with van der Waals surface area (Å²) in [5.41, 5.74) is 6.16. The summed E-state index contributed by atoms with van der Waals surface area (Å²) in [5.74, 6) is -0.0896. The van der Waals surface area contributed by atoms with Crippen molar-refractivity contribution in [1.82, 2.24) is 15.1 Å². The number of nitrogens with one attached hydrogen (secondary N) is 1. The van der Waals surface area contributed by atoms with Crippen molar-refractivity contribution in [2.24, 2.45) is 0 Å². The lowest BCUT2D eigenvalue weighted by molar-refractivity contribution is 0.0730. The summed E-state index contributed by atoms with van der Waals surface area (Å²) in [4.78, 5) is 15.3. The fourth-order valence-electron chi connectivity index (χ4n) is 4.09. The molecule has 6 heteroatoms. The summed E-state index contributed by atoms with van der Waals surface area (Å²) < 4.78 is 0. The van der Waals surface area contributed by atoms with Crippen LogP contribution in [0.3, 0.4) is 0 Å². The van der Waals surface area contributed by atoms with Crippen LogP contribution in [0.4, 0.5) is 0 Å². The molecule has 1 amide bonds. The fourth-order valence-corrected chi connectivity index (χ4v) is 4.41. The highest BCUT2D eigenvalue weighted by Crippen LogP contribution is 2.44. The van der Waals surface area contributed by atoms with Gasteiger partial charge in [-0.25, -0.2) is 0 Å². The van der Waals surface area contributed by atoms with Gasteiger partial charge in [0.1, 0.15) is 5.69 Å². The second-order valence-corrected chi connectivity index (χ2v) is 8.55. The van der Waals surface area contributed by atoms with Crippen LogP contribution in [-0.2, 0) is 6.54 Å². The number of H-pyrrole nitrogens is 1. The van der Waals surface area contributed by atoms with Crippen molar-refractivity contribution < 1.29 is 4.79 Å². The zero-order valence-electron chi connectivity index (χ0n) is 16.8. The molecule has 2 heterocycles. The maximum Gasteiger partial charge on any atom is 0.273 e. The monoisotopic (exact) mass is 447 g/mol. The number of hydrogen-bond acceptors (Lipinski definition) is 2. The molecule has 0 saturated heterocycles. The zero-order valence-corrected chi connectivity index (χ0v) is 18.3. The normalized spacial score (nSPS) is 15.4. The van der Waals surface area contributed by atoms with Crippen LogP contribution in [-0.4, -0.2) is 21.0 Å². The van der Waals surface area contributed by atoms with Gasteiger partial charge in [-0.2, -0.15) is 5.10 Å². The van der Waals surface area contributed by atoms with Gasteiger partial charge in [-0.15, -0.1) is 0 Å². The molecule has 0 aliphatic carbocycles. The van der Waals surface area contributed by atoms with E-state index in [0.29, 0.717) is 22.3 Å². The van der Waals surface area contributed by atoms with Crippen molar-refractivity contribution in [3.63, 3.8) is 0 Å². The Balaban J connectivity index is 1.65. The van der Waals surface area contributed by atoms with E-state index in [1.807, 2.05) is 60.4 Å². The second kappa shape index (κ2) is 7.88. The summed E-state index contributed by atoms with van der Waals surface area (Å²) in [6, 6.07) is 23.1. The van der Waals surface area contributed by atoms with E-state index in [-0.39, 0.29) is 11.9 Å². The molecular formula is C25H19Cl2N3O. The van der Waals surface area contributed by atoms with Crippen LogP contribution < -0.4 is 0 Å². The van der Waals surface area contributed by atoms with Crippen molar-refractivity contribution in [1.29, 1.82) is 0 Å². The molecule has 1 aliphatic heterocycles. The lowest BCUT2D eigenvalue weighted by Crippen LogP contribution is -2.29. The van der Waals surface area contributed by atoms with E-state index in [4.69, 9.17) is 23.2 Å². The number of hydrogen-bond donors (Lipinski definition) is 1. The third-order valence-corrected chi connectivity index (χ3v) is 6.29. The molecule has 154 valence electrons. The standard InChI is InChI=1S/C25H19Cl2N3O/c1-15-6-8-17(9-7-15)24-21-22(16-10-12-19(26)13-11-16)28-29-23(21)25(31)30(24)14-18-4-2-3-5-20(18)27/h2-13,24H,14H2,1H3,(H,28,29). The minimum absolute atomic E-state index is 0.0896. The third kappa shape index (κ3) is 3.52. The summed E-state index contributed by atoms with van der Waals surface area (Å²) in [6.45, 7) is 2.45. The summed E-state index contributed by atoms with van der Waals surface area (Å²) in [5, 5.41) is 8.78. The molecule has 0 radical (unpaired) electrons. The van der Waals surface area contributed by atoms with Gasteiger partial charge in [-0.05, 0) is 36.2 Å². The number of aromatic nitrogens is 2. The van der Waals surface area contributed by atoms with E-state index in [1.165, 1.54) is 0 Å². The van der Waals surface area contributed by atoms with E-state index >= 15 is 0 Å². The fraction of sp³-hybridized carbons (Fsp3) is 0.120. The summed E-state index contributed by atoms with van der Waals surface area (Å²) in [6.07, 6.45) is 0. The summed E-state index contributed by atoms with van der Waals surface area (Å²) in [7, 11) is 0. The first-order valence-corrected chi connectivity index (χ1v) is 10.7. The van der Waals surface area contributed by atoms with E-state index in [9.17, 15) is 4.79 Å². The van der Waals surface area contributed by atoms with Gasteiger partial charge in [0, 0.05) is 27.7 Å². The summed E-state index contributed by atoms with van der Waals surface area (Å²) >= 11 is 12.5. The average Bonchev–Trinajstić information content (AvgIpc) is 3.31. The number of benzene rings is 3. The van der Waals surface area contributed by atoms with Crippen LogP contribution in [0.1, 0.15) is 38.8 Å². The lowest BCUT2D eigenvalue weighted by Gasteiger charge is -2.27. The largest absolute Gasteiger partial charge is 0.322 e. The van der Waals surface area contributed by atoms with Crippen molar-refractivity contribution in [2.45, 2.75) is 19.5 Å². The number of amides is 1. The van der Waals surface area contributed by atoms with Gasteiger partial charge >= 0.3 is 0 Å². The Bertz CT molecular complexity index is 1260. The Kier molecular flexibility index (Phi) is 5.05. The highest BCUT2D eigenvalue weighted by molar-refractivity contribution is 6.31. The second-order valence-electron chi connectivity index (χ2n) is 7.71. The smallest absolute Gasteiger partial charge is 0.273 e. The first-order valence-electron chi connectivity index (χ1n) is 9.98. The van der Waals surface area contributed by atoms with Gasteiger partial charge in [0.25, 0.3) is 5.91 Å². The number of aromatic amines is 1. The predicted octanol–water partition coefficient (Wildman–Crippen LogP) is 6.44. The van der Waals surface area contributed by atoms with Crippen LogP contribution in [0.2, 0.25) is 10.0 Å². The number of carbonyl (C=O) groups excluding carboxylic acids is 1. The van der Waals surface area contributed by atoms with Crippen LogP contribution in [0.25, 0.3) is 11.3 Å². The van der Waals surface area contributed by atoms with Gasteiger partial charge in [0.15, 0.2) is 0 Å². The van der Waals surface area contributed by atoms with Gasteiger partial charge in [-0.1, -0.05) is 83.4 Å². The van der Waals surface area contributed by atoms with Crippen molar-refractivity contribution in [3.05, 3.63) is 111 Å². The first kappa shape index (κ1) is 19.9. The van der Waals surface area contributed by atoms with Crippen LogP contribution in [0.15, 0.2) is 72.8 Å². The highest BCUT2D eigenvalue weighted by Gasteiger charge is 2.42. The Hall–Kier alpha value is -3.08. The van der Waals surface area contributed by atoms with Gasteiger partial charge in [0.05, 0.1) is 11.7 Å². The Morgan fingerprint density at radius 3 is 2.39 bits per heavy atom. The van der Waals surface area contributed by atoms with Crippen LogP contribution >= 0.6 is 23.2 Å². The van der Waals surface area contributed by atoms with E-state index in [0.717, 1.165) is 33.5 Å². The topological polar surface area (TPSA) is 49.0 Å². The molecule has 5 rings (SSSR count). The van der Waals surface area contributed by atoms with Crippen molar-refractivity contribution in [3.8, 4) is 11.3 Å². The molecule has 1 aliphatic rings. The number of fused-ring (bicyclic) bond motifs is 1. The van der Waals surface area contributed by atoms with E-state index < -0.39 is 0 Å². The van der Waals surface area contributed by atoms with Crippen LogP contribution in [0.5, 0.6) is 0 Å². The first-order chi connectivity index (χ1) is 15.0. The van der Waals surface area contributed by atoms with E-state index in [2.05, 4.69) is 34.5 Å². The molecule has 4 nitrogen and oxygen atoms in total. The molecule has 3 aromatic carbocycles. The molecular weight excluding hydrogens is 429 g/mol. The minimum atomic E-state index is -0.274. The van der Waals surface area contributed by atoms with Gasteiger partial charge < -0.3 is 4.90 Å². The number of carbonyl (C=O) groups is 1. The maximum absolute atomic E-state index is 13.5. The Labute approximate surface area is 190 Å². The third-order valence-electron chi connectivity index (χ3n) is 5.67. The van der Waals surface area contributed by atoms with E-state index in [1.54, 1.807) is 0 Å². The SMILES string of the molecule is Cc1ccc(C2c3c(-c4ccc(Cl)cc4)n[nH]c3C(=O)N2Cc2ccccc2Cl)cc1. The molecule has 0 spiro atoms. The average molecular weight is 448 g/mol. The van der Waals surface area contributed by atoms with Gasteiger partial charge in [-0.3, -0.25) is 9.89 Å². The van der Waals surface area contributed by atoms with Crippen molar-refractivity contribution >= 4 is 29.1 Å². The number of nitrogens with zero attached hydrogens (tertiary/aromatic N) is 2. The highest BCUT2D eigenvalue weighted by atomic mass is 35.5. The van der Waals surface area contributed by atoms with Crippen LogP contribution in [0, 0.1) is 6.92 Å². The molecule has 1 aromatic heterocycles. The predicted molar refractivity (Wildman–Crippen MR) is 123 cm³/mol. The minimum Gasteiger partial charge on any atom is -0.322 e. The molecule has 0 bridgehead atoms. The molecule has 31 heavy (non-hydrogen) atoms. The molecule has 1 unspecified atom stereocenters. The zero-order chi connectivity index (χ0) is 21.5. The molecule has 1 N–H and O–H groups in total. The number of rotatable bonds is 4. The quantitative estimate of drug-likeness (QED) is 0.391. The molecule has 0 saturated carbocycles. The number of halogens is 2.